The molecule has 2 aromatic rings. The van der Waals surface area contributed by atoms with Gasteiger partial charge in [-0.2, -0.15) is 15.0 Å². The van der Waals surface area contributed by atoms with Crippen LogP contribution in [0.1, 0.15) is 25.8 Å². The molecule has 0 saturated carbocycles. The Balaban J connectivity index is 1.60. The van der Waals surface area contributed by atoms with Crippen molar-refractivity contribution in [3.63, 3.8) is 0 Å². The summed E-state index contributed by atoms with van der Waals surface area (Å²) in [4.78, 5) is 37.1. The summed E-state index contributed by atoms with van der Waals surface area (Å²) in [6.07, 6.45) is 0.952. The maximum absolute atomic E-state index is 12.7. The lowest BCUT2D eigenvalue weighted by Gasteiger charge is -2.34. The van der Waals surface area contributed by atoms with E-state index in [4.69, 9.17) is 5.73 Å². The second kappa shape index (κ2) is 11.8. The van der Waals surface area contributed by atoms with Crippen molar-refractivity contribution in [3.8, 4) is 0 Å². The van der Waals surface area contributed by atoms with Crippen LogP contribution in [0, 0.1) is 0 Å². The lowest BCUT2D eigenvalue weighted by atomic mass is 10.1. The second-order valence-corrected chi connectivity index (χ2v) is 7.91. The summed E-state index contributed by atoms with van der Waals surface area (Å²) in [5.41, 5.74) is 8.56. The molecule has 1 fully saturated rings. The number of anilines is 4. The maximum Gasteiger partial charge on any atom is 0.274 e. The van der Waals surface area contributed by atoms with E-state index in [9.17, 15) is 4.79 Å². The van der Waals surface area contributed by atoms with E-state index in [0.29, 0.717) is 30.7 Å². The van der Waals surface area contributed by atoms with Crippen molar-refractivity contribution < 1.29 is 4.79 Å². The zero-order chi connectivity index (χ0) is 24.5. The Bertz CT molecular complexity index is 1060. The fourth-order valence-electron chi connectivity index (χ4n) is 3.57. The van der Waals surface area contributed by atoms with Crippen LogP contribution >= 0.6 is 0 Å². The molecule has 4 N–H and O–H groups in total. The molecule has 0 atom stereocenters. The summed E-state index contributed by atoms with van der Waals surface area (Å²) >= 11 is 0. The van der Waals surface area contributed by atoms with E-state index in [-0.39, 0.29) is 17.6 Å². The molecule has 0 radical (unpaired) electrons. The zero-order valence-corrected chi connectivity index (χ0v) is 19.8. The Hall–Kier alpha value is -3.86. The summed E-state index contributed by atoms with van der Waals surface area (Å²) in [5.74, 6) is 0.835. The first-order chi connectivity index (χ1) is 16.4. The summed E-state index contributed by atoms with van der Waals surface area (Å²) in [5, 5.41) is 6.33. The van der Waals surface area contributed by atoms with Gasteiger partial charge in [0.2, 0.25) is 17.8 Å². The van der Waals surface area contributed by atoms with Gasteiger partial charge in [-0.15, -0.1) is 0 Å². The van der Waals surface area contributed by atoms with E-state index in [0.717, 1.165) is 43.9 Å². The molecule has 1 aromatic carbocycles. The fraction of sp³-hybridized carbons (Fsp3) is 0.391. The Kier molecular flexibility index (Phi) is 8.63. The van der Waals surface area contributed by atoms with Gasteiger partial charge >= 0.3 is 0 Å². The molecule has 1 aliphatic heterocycles. The van der Waals surface area contributed by atoms with Crippen LogP contribution in [-0.4, -0.2) is 76.8 Å². The summed E-state index contributed by atoms with van der Waals surface area (Å²) in [6.45, 7) is 15.0. The lowest BCUT2D eigenvalue weighted by Crippen LogP contribution is -2.48. The normalized spacial score (nSPS) is 14.8. The van der Waals surface area contributed by atoms with E-state index in [2.05, 4.69) is 73.0 Å². The summed E-state index contributed by atoms with van der Waals surface area (Å²) in [6, 6.07) is 8.06. The molecule has 0 unspecified atom stereocenters. The fourth-order valence-corrected chi connectivity index (χ4v) is 3.57. The topological polar surface area (TPSA) is 137 Å². The minimum Gasteiger partial charge on any atom is -0.368 e. The van der Waals surface area contributed by atoms with Gasteiger partial charge in [-0.1, -0.05) is 19.1 Å². The molecule has 0 spiro atoms. The number of nitrogens with one attached hydrogen (secondary N) is 2. The van der Waals surface area contributed by atoms with Gasteiger partial charge in [0.1, 0.15) is 5.70 Å². The molecule has 3 rings (SSSR count). The number of nitrogen functional groups attached to an aromatic ring is 1. The van der Waals surface area contributed by atoms with Crippen molar-refractivity contribution in [2.24, 2.45) is 9.98 Å². The lowest BCUT2D eigenvalue weighted by molar-refractivity contribution is -0.129. The molecule has 1 aromatic heterocycles. The zero-order valence-electron chi connectivity index (χ0n) is 19.8. The standard InChI is InChI=1S/C23H32N10O/c1-5-9-27-22-29-21(24)30-23(31-22)28-18-8-6-7-17(14-18)15-32-10-12-33(13-11-32)20(34)19(26-4)16(2)25-3/h6-8,14H,3-5,9-13,15H2,1-2H3,(H4,24,27,28,29,30,31)/b19-16-. The van der Waals surface area contributed by atoms with Crippen LogP contribution in [0.2, 0.25) is 0 Å². The number of carbonyl (C=O) groups is 1. The molecule has 34 heavy (non-hydrogen) atoms. The number of aromatic nitrogens is 3. The molecular formula is C23H32N10O. The van der Waals surface area contributed by atoms with E-state index in [1.807, 2.05) is 12.1 Å². The molecule has 2 heterocycles. The van der Waals surface area contributed by atoms with Crippen LogP contribution in [-0.2, 0) is 11.3 Å². The summed E-state index contributed by atoms with van der Waals surface area (Å²) < 4.78 is 0. The third-order valence-electron chi connectivity index (χ3n) is 5.38. The first-order valence-electron chi connectivity index (χ1n) is 11.2. The highest BCUT2D eigenvalue weighted by Gasteiger charge is 2.24. The molecule has 1 saturated heterocycles. The predicted molar refractivity (Wildman–Crippen MR) is 136 cm³/mol. The minimum absolute atomic E-state index is 0.156. The quantitative estimate of drug-likeness (QED) is 0.360. The number of hydrogen-bond acceptors (Lipinski definition) is 10. The van der Waals surface area contributed by atoms with E-state index < -0.39 is 0 Å². The Morgan fingerprint density at radius 2 is 1.85 bits per heavy atom. The Morgan fingerprint density at radius 3 is 2.53 bits per heavy atom. The summed E-state index contributed by atoms with van der Waals surface area (Å²) in [7, 11) is 0. The second-order valence-electron chi connectivity index (χ2n) is 7.91. The van der Waals surface area contributed by atoms with Crippen molar-refractivity contribution in [3.05, 3.63) is 41.2 Å². The highest BCUT2D eigenvalue weighted by atomic mass is 16.2. The number of nitrogens with zero attached hydrogens (tertiary/aromatic N) is 7. The molecule has 11 nitrogen and oxygen atoms in total. The van der Waals surface area contributed by atoms with Crippen LogP contribution in [0.5, 0.6) is 0 Å². The first-order valence-corrected chi connectivity index (χ1v) is 11.2. The largest absolute Gasteiger partial charge is 0.368 e. The number of hydrogen-bond donors (Lipinski definition) is 3. The van der Waals surface area contributed by atoms with Crippen LogP contribution in [0.15, 0.2) is 45.6 Å². The molecule has 11 heteroatoms. The molecule has 0 bridgehead atoms. The predicted octanol–water partition coefficient (Wildman–Crippen LogP) is 2.30. The van der Waals surface area contributed by atoms with Gasteiger partial charge in [0.25, 0.3) is 5.91 Å². The molecule has 1 aliphatic rings. The van der Waals surface area contributed by atoms with Gasteiger partial charge in [-0.25, -0.2) is 0 Å². The van der Waals surface area contributed by atoms with Gasteiger partial charge in [-0.3, -0.25) is 19.7 Å². The SMILES string of the molecule is C=N/C(C)=C(\N=C)C(=O)N1CCN(Cc2cccc(Nc3nc(N)nc(NCCC)n3)c2)CC1. The average Bonchev–Trinajstić information content (AvgIpc) is 2.83. The maximum atomic E-state index is 12.7. The first kappa shape index (κ1) is 24.8. The number of rotatable bonds is 10. The average molecular weight is 465 g/mol. The van der Waals surface area contributed by atoms with E-state index in [1.165, 1.54) is 0 Å². The number of aliphatic imine (C=N–C) groups is 2. The number of amides is 1. The highest BCUT2D eigenvalue weighted by Crippen LogP contribution is 2.19. The van der Waals surface area contributed by atoms with Crippen molar-refractivity contribution in [1.82, 2.24) is 24.8 Å². The Morgan fingerprint density at radius 1 is 1.12 bits per heavy atom. The van der Waals surface area contributed by atoms with E-state index in [1.54, 1.807) is 11.8 Å². The van der Waals surface area contributed by atoms with Crippen molar-refractivity contribution in [2.45, 2.75) is 26.8 Å². The highest BCUT2D eigenvalue weighted by molar-refractivity contribution is 5.94. The van der Waals surface area contributed by atoms with Gasteiger partial charge in [0.05, 0.1) is 5.70 Å². The number of benzene rings is 1. The molecule has 180 valence electrons. The number of carbonyl (C=O) groups excluding carboxylic acids is 1. The van der Waals surface area contributed by atoms with Crippen LogP contribution in [0.3, 0.4) is 0 Å². The minimum atomic E-state index is -0.157. The smallest absolute Gasteiger partial charge is 0.274 e. The number of piperazine rings is 1. The van der Waals surface area contributed by atoms with E-state index >= 15 is 0 Å². The van der Waals surface area contributed by atoms with Gasteiger partial charge < -0.3 is 21.3 Å². The number of nitrogens with two attached hydrogens (primary N) is 1. The van der Waals surface area contributed by atoms with Crippen LogP contribution in [0.4, 0.5) is 23.5 Å². The third-order valence-corrected chi connectivity index (χ3v) is 5.38. The van der Waals surface area contributed by atoms with Crippen LogP contribution in [0.25, 0.3) is 0 Å². The van der Waals surface area contributed by atoms with Crippen molar-refractivity contribution in [1.29, 1.82) is 0 Å². The Labute approximate surface area is 199 Å². The van der Waals surface area contributed by atoms with Gasteiger partial charge in [0, 0.05) is 45.0 Å². The van der Waals surface area contributed by atoms with Gasteiger partial charge in [0.15, 0.2) is 0 Å². The third kappa shape index (κ3) is 6.58. The van der Waals surface area contributed by atoms with Gasteiger partial charge in [-0.05, 0) is 44.5 Å². The van der Waals surface area contributed by atoms with Crippen LogP contribution < -0.4 is 16.4 Å². The number of allylic oxidation sites excluding steroid dienone is 1. The molecular weight excluding hydrogens is 432 g/mol. The van der Waals surface area contributed by atoms with Crippen molar-refractivity contribution >= 4 is 42.9 Å². The monoisotopic (exact) mass is 464 g/mol. The molecule has 1 amide bonds. The molecule has 0 aliphatic carbocycles. The van der Waals surface area contributed by atoms with Crippen molar-refractivity contribution in [2.75, 3.05) is 49.1 Å².